The van der Waals surface area contributed by atoms with Crippen molar-refractivity contribution in [2.45, 2.75) is 26.7 Å². The smallest absolute Gasteiger partial charge is 0.190 e. The number of nitrogens with zero attached hydrogens (tertiary/aromatic N) is 1. The summed E-state index contributed by atoms with van der Waals surface area (Å²) in [4.78, 5) is 4.14. The molecule has 0 fully saturated rings. The van der Waals surface area contributed by atoms with Crippen molar-refractivity contribution in [2.24, 2.45) is 4.99 Å². The highest BCUT2D eigenvalue weighted by Gasteiger charge is 1.96. The van der Waals surface area contributed by atoms with E-state index in [0.717, 1.165) is 58.3 Å². The third kappa shape index (κ3) is 11.5. The number of hydrogen-bond donors (Lipinski definition) is 2. The molecule has 2 N–H and O–H groups in total. The Labute approximate surface area is 105 Å². The van der Waals surface area contributed by atoms with E-state index in [0.29, 0.717) is 0 Å². The van der Waals surface area contributed by atoms with Crippen molar-refractivity contribution >= 4 is 5.96 Å². The van der Waals surface area contributed by atoms with Crippen LogP contribution < -0.4 is 10.6 Å². The largest absolute Gasteiger partial charge is 0.382 e. The lowest BCUT2D eigenvalue weighted by molar-refractivity contribution is 0.145. The van der Waals surface area contributed by atoms with E-state index < -0.39 is 0 Å². The first kappa shape index (κ1) is 16.2. The molecule has 0 bridgehead atoms. The molecular weight excluding hydrogens is 218 g/mol. The van der Waals surface area contributed by atoms with E-state index in [-0.39, 0.29) is 0 Å². The Bertz CT molecular complexity index is 171. The van der Waals surface area contributed by atoms with Gasteiger partial charge < -0.3 is 20.1 Å². The fourth-order valence-corrected chi connectivity index (χ4v) is 1.27. The van der Waals surface area contributed by atoms with Crippen molar-refractivity contribution in [3.8, 4) is 0 Å². The number of hydrogen-bond acceptors (Lipinski definition) is 3. The Balaban J connectivity index is 3.37. The molecule has 0 aliphatic carbocycles. The fraction of sp³-hybridized carbons (Fsp3) is 0.917. The van der Waals surface area contributed by atoms with Gasteiger partial charge in [0.2, 0.25) is 0 Å². The van der Waals surface area contributed by atoms with E-state index in [1.165, 1.54) is 0 Å². The van der Waals surface area contributed by atoms with Crippen LogP contribution in [0.5, 0.6) is 0 Å². The van der Waals surface area contributed by atoms with Crippen LogP contribution in [0.1, 0.15) is 26.7 Å². The van der Waals surface area contributed by atoms with Crippen molar-refractivity contribution < 1.29 is 9.47 Å². The van der Waals surface area contributed by atoms with Crippen molar-refractivity contribution in [2.75, 3.05) is 46.6 Å². The van der Waals surface area contributed by atoms with Gasteiger partial charge in [-0.3, -0.25) is 4.99 Å². The fourth-order valence-electron chi connectivity index (χ4n) is 1.27. The van der Waals surface area contributed by atoms with Crippen LogP contribution in [0.15, 0.2) is 4.99 Å². The Kier molecular flexibility index (Phi) is 12.6. The van der Waals surface area contributed by atoms with E-state index in [2.05, 4.69) is 15.6 Å². The molecule has 102 valence electrons. The molecule has 5 heteroatoms. The molecule has 0 radical (unpaired) electrons. The molecule has 0 saturated carbocycles. The highest BCUT2D eigenvalue weighted by atomic mass is 16.5. The van der Waals surface area contributed by atoms with Gasteiger partial charge in [0.15, 0.2) is 5.96 Å². The molecule has 0 atom stereocenters. The predicted molar refractivity (Wildman–Crippen MR) is 71.6 cm³/mol. The van der Waals surface area contributed by atoms with Gasteiger partial charge in [-0.1, -0.05) is 0 Å². The molecule has 5 nitrogen and oxygen atoms in total. The van der Waals surface area contributed by atoms with Gasteiger partial charge in [0, 0.05) is 46.6 Å². The van der Waals surface area contributed by atoms with Crippen LogP contribution in [0.25, 0.3) is 0 Å². The summed E-state index contributed by atoms with van der Waals surface area (Å²) in [6.07, 6.45) is 1.99. The zero-order chi connectivity index (χ0) is 12.8. The second-order valence-electron chi connectivity index (χ2n) is 3.53. The summed E-state index contributed by atoms with van der Waals surface area (Å²) in [5.74, 6) is 0.845. The number of aliphatic imine (C=N–C) groups is 1. The first-order valence-electron chi connectivity index (χ1n) is 6.45. The van der Waals surface area contributed by atoms with Gasteiger partial charge in [0.05, 0.1) is 0 Å². The highest BCUT2D eigenvalue weighted by Crippen LogP contribution is 1.82. The van der Waals surface area contributed by atoms with Crippen molar-refractivity contribution in [3.05, 3.63) is 0 Å². The molecule has 0 saturated heterocycles. The van der Waals surface area contributed by atoms with Gasteiger partial charge in [0.1, 0.15) is 0 Å². The summed E-state index contributed by atoms with van der Waals surface area (Å²) in [7, 11) is 1.78. The van der Waals surface area contributed by atoms with Crippen LogP contribution in [0.4, 0.5) is 0 Å². The van der Waals surface area contributed by atoms with E-state index in [1.807, 2.05) is 13.8 Å². The molecule has 0 unspecified atom stereocenters. The first-order chi connectivity index (χ1) is 8.35. The quantitative estimate of drug-likeness (QED) is 0.342. The lowest BCUT2D eigenvalue weighted by Gasteiger charge is -2.11. The number of rotatable bonds is 10. The maximum absolute atomic E-state index is 5.26. The Morgan fingerprint density at radius 1 is 0.941 bits per heavy atom. The zero-order valence-corrected chi connectivity index (χ0v) is 11.4. The monoisotopic (exact) mass is 245 g/mol. The Hall–Kier alpha value is -0.810. The first-order valence-corrected chi connectivity index (χ1v) is 6.45. The SMILES string of the molecule is CCOCCCNC(=NC)NCCCOCC. The molecule has 17 heavy (non-hydrogen) atoms. The minimum absolute atomic E-state index is 0.782. The van der Waals surface area contributed by atoms with Crippen LogP contribution >= 0.6 is 0 Å². The van der Waals surface area contributed by atoms with E-state index >= 15 is 0 Å². The summed E-state index contributed by atoms with van der Waals surface area (Å²) < 4.78 is 10.5. The second-order valence-corrected chi connectivity index (χ2v) is 3.53. The number of nitrogens with one attached hydrogen (secondary N) is 2. The molecule has 0 aromatic carbocycles. The maximum atomic E-state index is 5.26. The topological polar surface area (TPSA) is 54.9 Å². The molecule has 0 aliphatic heterocycles. The summed E-state index contributed by atoms with van der Waals surface area (Å²) >= 11 is 0. The van der Waals surface area contributed by atoms with E-state index in [4.69, 9.17) is 9.47 Å². The number of ether oxygens (including phenoxy) is 2. The molecule has 0 amide bonds. The molecule has 0 aliphatic rings. The number of guanidine groups is 1. The predicted octanol–water partition coefficient (Wildman–Crippen LogP) is 1.00. The van der Waals surface area contributed by atoms with Crippen LogP contribution in [-0.2, 0) is 9.47 Å². The average molecular weight is 245 g/mol. The van der Waals surface area contributed by atoms with Crippen molar-refractivity contribution in [1.29, 1.82) is 0 Å². The average Bonchev–Trinajstić information content (AvgIpc) is 2.36. The standard InChI is InChI=1S/C12H27N3O2/c1-4-16-10-6-8-14-12(13-3)15-9-7-11-17-5-2/h4-11H2,1-3H3,(H2,13,14,15). The molecule has 0 aromatic rings. The lowest BCUT2D eigenvalue weighted by Crippen LogP contribution is -2.38. The van der Waals surface area contributed by atoms with Gasteiger partial charge >= 0.3 is 0 Å². The van der Waals surface area contributed by atoms with E-state index in [9.17, 15) is 0 Å². The minimum atomic E-state index is 0.782. The van der Waals surface area contributed by atoms with Gasteiger partial charge in [-0.15, -0.1) is 0 Å². The lowest BCUT2D eigenvalue weighted by atomic mass is 10.4. The summed E-state index contributed by atoms with van der Waals surface area (Å²) in [5.41, 5.74) is 0. The van der Waals surface area contributed by atoms with Gasteiger partial charge in [-0.2, -0.15) is 0 Å². The van der Waals surface area contributed by atoms with Crippen molar-refractivity contribution in [1.82, 2.24) is 10.6 Å². The summed E-state index contributed by atoms with van der Waals surface area (Å²) in [5, 5.41) is 6.47. The maximum Gasteiger partial charge on any atom is 0.190 e. The third-order valence-corrected chi connectivity index (χ3v) is 2.15. The summed E-state index contributed by atoms with van der Waals surface area (Å²) in [6, 6.07) is 0. The molecule has 0 rings (SSSR count). The second kappa shape index (κ2) is 13.3. The van der Waals surface area contributed by atoms with Gasteiger partial charge in [-0.25, -0.2) is 0 Å². The summed E-state index contributed by atoms with van der Waals surface area (Å²) in [6.45, 7) is 8.93. The highest BCUT2D eigenvalue weighted by molar-refractivity contribution is 5.79. The Morgan fingerprint density at radius 2 is 1.41 bits per heavy atom. The molecule has 0 aromatic heterocycles. The zero-order valence-electron chi connectivity index (χ0n) is 11.4. The van der Waals surface area contributed by atoms with Crippen LogP contribution in [0.2, 0.25) is 0 Å². The van der Waals surface area contributed by atoms with Gasteiger partial charge in [0.25, 0.3) is 0 Å². The van der Waals surface area contributed by atoms with Crippen LogP contribution in [0, 0.1) is 0 Å². The van der Waals surface area contributed by atoms with Crippen LogP contribution in [-0.4, -0.2) is 52.5 Å². The molecule has 0 spiro atoms. The molecular formula is C12H27N3O2. The van der Waals surface area contributed by atoms with Gasteiger partial charge in [-0.05, 0) is 26.7 Å². The minimum Gasteiger partial charge on any atom is -0.382 e. The Morgan fingerprint density at radius 3 is 1.76 bits per heavy atom. The van der Waals surface area contributed by atoms with Crippen LogP contribution in [0.3, 0.4) is 0 Å². The van der Waals surface area contributed by atoms with E-state index in [1.54, 1.807) is 7.05 Å². The third-order valence-electron chi connectivity index (χ3n) is 2.15. The molecule has 0 heterocycles. The van der Waals surface area contributed by atoms with Crippen molar-refractivity contribution in [3.63, 3.8) is 0 Å². The normalized spacial score (nSPS) is 10.1.